The lowest BCUT2D eigenvalue weighted by Gasteiger charge is -2.32. The lowest BCUT2D eigenvalue weighted by Crippen LogP contribution is -2.42. The Balaban J connectivity index is 1.94. The molecule has 8 nitrogen and oxygen atoms in total. The van der Waals surface area contributed by atoms with Crippen LogP contribution in [0.25, 0.3) is 0 Å². The van der Waals surface area contributed by atoms with Gasteiger partial charge in [0.1, 0.15) is 10.6 Å². The smallest absolute Gasteiger partial charge is 0.339 e. The fourth-order valence-corrected chi connectivity index (χ4v) is 5.54. The summed E-state index contributed by atoms with van der Waals surface area (Å²) >= 11 is 0. The number of methoxy groups -OCH3 is 1. The summed E-state index contributed by atoms with van der Waals surface area (Å²) in [5, 5.41) is 0. The van der Waals surface area contributed by atoms with Gasteiger partial charge in [-0.2, -0.15) is 4.31 Å². The Hall–Kier alpha value is -2.91. The standard InChI is InChI=1S/C22H26N2O6S/c1-15-8-6-7-13-24(15)31(27,28)19-14-17(11-12-18(19)29-2)22(26)30-20(21(23)25)16-9-4-3-5-10-16/h3-5,9-12,14-15,20H,6-8,13H2,1-2H3,(H2,23,25). The molecule has 2 atom stereocenters. The molecule has 0 aliphatic carbocycles. The van der Waals surface area contributed by atoms with Gasteiger partial charge in [-0.05, 0) is 38.0 Å². The van der Waals surface area contributed by atoms with Crippen LogP contribution in [-0.4, -0.2) is 44.3 Å². The first kappa shape index (κ1) is 22.8. The lowest BCUT2D eigenvalue weighted by molar-refractivity contribution is -0.127. The van der Waals surface area contributed by atoms with Crippen LogP contribution in [0.1, 0.15) is 48.2 Å². The van der Waals surface area contributed by atoms with E-state index < -0.39 is 28.0 Å². The van der Waals surface area contributed by atoms with Gasteiger partial charge in [0, 0.05) is 18.2 Å². The van der Waals surface area contributed by atoms with Crippen molar-refractivity contribution in [3.63, 3.8) is 0 Å². The van der Waals surface area contributed by atoms with Gasteiger partial charge in [-0.15, -0.1) is 0 Å². The molecule has 1 saturated heterocycles. The molecule has 9 heteroatoms. The minimum atomic E-state index is -3.90. The maximum Gasteiger partial charge on any atom is 0.339 e. The van der Waals surface area contributed by atoms with E-state index in [1.807, 2.05) is 6.92 Å². The van der Waals surface area contributed by atoms with Crippen molar-refractivity contribution in [2.45, 2.75) is 43.2 Å². The van der Waals surface area contributed by atoms with E-state index >= 15 is 0 Å². The molecule has 1 fully saturated rings. The monoisotopic (exact) mass is 446 g/mol. The molecule has 2 aromatic carbocycles. The number of ether oxygens (including phenoxy) is 2. The Labute approximate surface area is 182 Å². The molecular formula is C22H26N2O6S. The number of piperidine rings is 1. The maximum atomic E-state index is 13.3. The van der Waals surface area contributed by atoms with Gasteiger partial charge in [0.2, 0.25) is 16.1 Å². The van der Waals surface area contributed by atoms with Crippen LogP contribution in [0, 0.1) is 0 Å². The zero-order chi connectivity index (χ0) is 22.6. The third kappa shape index (κ3) is 4.88. The summed E-state index contributed by atoms with van der Waals surface area (Å²) in [5.74, 6) is -1.56. The second-order valence-electron chi connectivity index (χ2n) is 7.42. The Kier molecular flexibility index (Phi) is 6.97. The minimum absolute atomic E-state index is 0.0220. The molecule has 1 aliphatic heterocycles. The third-order valence-electron chi connectivity index (χ3n) is 5.31. The third-order valence-corrected chi connectivity index (χ3v) is 7.35. The Morgan fingerprint density at radius 3 is 2.45 bits per heavy atom. The van der Waals surface area contributed by atoms with E-state index in [0.29, 0.717) is 12.1 Å². The second kappa shape index (κ2) is 9.49. The molecule has 0 aromatic heterocycles. The summed E-state index contributed by atoms with van der Waals surface area (Å²) in [6.45, 7) is 2.26. The van der Waals surface area contributed by atoms with Crippen molar-refractivity contribution in [2.75, 3.05) is 13.7 Å². The van der Waals surface area contributed by atoms with Crippen molar-refractivity contribution in [3.8, 4) is 5.75 Å². The van der Waals surface area contributed by atoms with Gasteiger partial charge in [-0.25, -0.2) is 13.2 Å². The summed E-state index contributed by atoms with van der Waals surface area (Å²) in [5.41, 5.74) is 5.81. The van der Waals surface area contributed by atoms with Gasteiger partial charge < -0.3 is 15.2 Å². The molecular weight excluding hydrogens is 420 g/mol. The molecule has 31 heavy (non-hydrogen) atoms. The Morgan fingerprint density at radius 2 is 1.84 bits per heavy atom. The van der Waals surface area contributed by atoms with Crippen LogP contribution in [0.4, 0.5) is 0 Å². The molecule has 0 saturated carbocycles. The molecule has 0 radical (unpaired) electrons. The molecule has 0 bridgehead atoms. The molecule has 1 heterocycles. The predicted octanol–water partition coefficient (Wildman–Crippen LogP) is 2.64. The number of benzene rings is 2. The first-order chi connectivity index (χ1) is 14.8. The molecule has 2 aromatic rings. The van der Waals surface area contributed by atoms with E-state index in [2.05, 4.69) is 0 Å². The summed E-state index contributed by atoms with van der Waals surface area (Å²) in [7, 11) is -2.53. The topological polar surface area (TPSA) is 116 Å². The lowest BCUT2D eigenvalue weighted by atomic mass is 10.1. The number of esters is 1. The van der Waals surface area contributed by atoms with Crippen LogP contribution in [0.5, 0.6) is 5.75 Å². The number of amides is 1. The predicted molar refractivity (Wildman–Crippen MR) is 114 cm³/mol. The van der Waals surface area contributed by atoms with Crippen LogP contribution < -0.4 is 10.5 Å². The van der Waals surface area contributed by atoms with E-state index in [4.69, 9.17) is 15.2 Å². The largest absolute Gasteiger partial charge is 0.495 e. The summed E-state index contributed by atoms with van der Waals surface area (Å²) in [6.07, 6.45) is 1.20. The van der Waals surface area contributed by atoms with Crippen molar-refractivity contribution in [1.82, 2.24) is 4.31 Å². The Morgan fingerprint density at radius 1 is 1.13 bits per heavy atom. The first-order valence-electron chi connectivity index (χ1n) is 10.0. The van der Waals surface area contributed by atoms with E-state index in [9.17, 15) is 18.0 Å². The number of nitrogens with zero attached hydrogens (tertiary/aromatic N) is 1. The van der Waals surface area contributed by atoms with Gasteiger partial charge in [-0.1, -0.05) is 36.8 Å². The second-order valence-corrected chi connectivity index (χ2v) is 9.28. The summed E-state index contributed by atoms with van der Waals surface area (Å²) in [4.78, 5) is 24.5. The van der Waals surface area contributed by atoms with Crippen molar-refractivity contribution < 1.29 is 27.5 Å². The quantitative estimate of drug-likeness (QED) is 0.654. The van der Waals surface area contributed by atoms with Gasteiger partial charge >= 0.3 is 5.97 Å². The molecule has 0 spiro atoms. The molecule has 1 aliphatic rings. The van der Waals surface area contributed by atoms with E-state index in [-0.39, 0.29) is 22.3 Å². The van der Waals surface area contributed by atoms with Crippen LogP contribution in [-0.2, 0) is 19.6 Å². The van der Waals surface area contributed by atoms with E-state index in [0.717, 1.165) is 19.3 Å². The SMILES string of the molecule is COc1ccc(C(=O)OC(C(N)=O)c2ccccc2)cc1S(=O)(=O)N1CCCCC1C. The fraction of sp³-hybridized carbons (Fsp3) is 0.364. The average Bonchev–Trinajstić information content (AvgIpc) is 2.77. The molecule has 1 amide bonds. The highest BCUT2D eigenvalue weighted by Crippen LogP contribution is 2.32. The number of carbonyl (C=O) groups excluding carboxylic acids is 2. The van der Waals surface area contributed by atoms with Crippen LogP contribution in [0.2, 0.25) is 0 Å². The number of carbonyl (C=O) groups is 2. The van der Waals surface area contributed by atoms with Crippen LogP contribution >= 0.6 is 0 Å². The van der Waals surface area contributed by atoms with Crippen molar-refractivity contribution in [1.29, 1.82) is 0 Å². The van der Waals surface area contributed by atoms with Crippen molar-refractivity contribution in [2.24, 2.45) is 5.73 Å². The highest BCUT2D eigenvalue weighted by atomic mass is 32.2. The van der Waals surface area contributed by atoms with Gasteiger partial charge in [0.05, 0.1) is 12.7 Å². The van der Waals surface area contributed by atoms with Crippen LogP contribution in [0.3, 0.4) is 0 Å². The minimum Gasteiger partial charge on any atom is -0.495 e. The van der Waals surface area contributed by atoms with E-state index in [1.165, 1.54) is 29.6 Å². The number of hydrogen-bond acceptors (Lipinski definition) is 6. The zero-order valence-corrected chi connectivity index (χ0v) is 18.3. The highest BCUT2D eigenvalue weighted by Gasteiger charge is 2.34. The van der Waals surface area contributed by atoms with Crippen molar-refractivity contribution >= 4 is 21.9 Å². The first-order valence-corrected chi connectivity index (χ1v) is 11.4. The normalized spacial score (nSPS) is 18.2. The molecule has 166 valence electrons. The zero-order valence-electron chi connectivity index (χ0n) is 17.5. The summed E-state index contributed by atoms with van der Waals surface area (Å²) < 4.78 is 38.7. The number of hydrogen-bond donors (Lipinski definition) is 1. The van der Waals surface area contributed by atoms with E-state index in [1.54, 1.807) is 30.3 Å². The average molecular weight is 447 g/mol. The molecule has 3 rings (SSSR count). The number of sulfonamides is 1. The Bertz CT molecular complexity index is 1050. The fourth-order valence-electron chi connectivity index (χ4n) is 3.65. The van der Waals surface area contributed by atoms with Crippen LogP contribution in [0.15, 0.2) is 53.4 Å². The van der Waals surface area contributed by atoms with Gasteiger partial charge in [0.15, 0.2) is 0 Å². The number of rotatable bonds is 7. The summed E-state index contributed by atoms with van der Waals surface area (Å²) in [6, 6.07) is 12.2. The number of nitrogens with two attached hydrogens (primary N) is 1. The van der Waals surface area contributed by atoms with Crippen molar-refractivity contribution in [3.05, 3.63) is 59.7 Å². The maximum absolute atomic E-state index is 13.3. The van der Waals surface area contributed by atoms with Gasteiger partial charge in [0.25, 0.3) is 5.91 Å². The number of primary amides is 1. The highest BCUT2D eigenvalue weighted by molar-refractivity contribution is 7.89. The van der Waals surface area contributed by atoms with Gasteiger partial charge in [-0.3, -0.25) is 4.79 Å². The molecule has 2 N–H and O–H groups in total. The molecule has 2 unspecified atom stereocenters.